The zero-order valence-corrected chi connectivity index (χ0v) is 7.69. The number of hydrogen-bond acceptors (Lipinski definition) is 3. The number of nitrogens with two attached hydrogens (primary N) is 1. The molecule has 3 N–H and O–H groups in total. The number of hydrogen-bond donors (Lipinski definition) is 2. The summed E-state index contributed by atoms with van der Waals surface area (Å²) in [5.41, 5.74) is 6.16. The van der Waals surface area contributed by atoms with Gasteiger partial charge in [0.25, 0.3) is 0 Å². The van der Waals surface area contributed by atoms with E-state index in [-0.39, 0.29) is 5.84 Å². The molecule has 0 radical (unpaired) electrons. The molecule has 0 spiro atoms. The summed E-state index contributed by atoms with van der Waals surface area (Å²) in [6, 6.07) is 1.76. The van der Waals surface area contributed by atoms with E-state index in [0.29, 0.717) is 0 Å². The Bertz CT molecular complexity index is 285. The van der Waals surface area contributed by atoms with Gasteiger partial charge in [-0.05, 0) is 11.8 Å². The average Bonchev–Trinajstić information content (AvgIpc) is 2.05. The Morgan fingerprint density at radius 2 is 2.50 bits per heavy atom. The molecule has 0 unspecified atom stereocenters. The molecule has 0 bridgehead atoms. The summed E-state index contributed by atoms with van der Waals surface area (Å²) in [6.07, 6.45) is 3.39. The Morgan fingerprint density at radius 3 is 3.08 bits per heavy atom. The highest BCUT2D eigenvalue weighted by Crippen LogP contribution is 2.20. The second-order valence-corrected chi connectivity index (χ2v) is 3.52. The molecule has 0 saturated heterocycles. The number of amidine groups is 1. The van der Waals surface area contributed by atoms with E-state index in [2.05, 4.69) is 11.9 Å². The van der Waals surface area contributed by atoms with Crippen LogP contribution in [-0.4, -0.2) is 16.6 Å². The van der Waals surface area contributed by atoms with Gasteiger partial charge in [-0.3, -0.25) is 10.4 Å². The van der Waals surface area contributed by atoms with Gasteiger partial charge >= 0.3 is 0 Å². The molecule has 1 aromatic heterocycles. The van der Waals surface area contributed by atoms with Crippen LogP contribution >= 0.6 is 11.8 Å². The summed E-state index contributed by atoms with van der Waals surface area (Å²) < 4.78 is 0. The topological polar surface area (TPSA) is 62.8 Å². The summed E-state index contributed by atoms with van der Waals surface area (Å²) in [7, 11) is 0. The van der Waals surface area contributed by atoms with Crippen LogP contribution in [0.2, 0.25) is 0 Å². The van der Waals surface area contributed by atoms with E-state index in [1.54, 1.807) is 30.2 Å². The quantitative estimate of drug-likeness (QED) is 0.422. The van der Waals surface area contributed by atoms with Crippen molar-refractivity contribution in [1.82, 2.24) is 4.98 Å². The van der Waals surface area contributed by atoms with Crippen LogP contribution in [0.15, 0.2) is 23.4 Å². The number of nitrogens with one attached hydrogen (secondary N) is 1. The van der Waals surface area contributed by atoms with E-state index in [9.17, 15) is 0 Å². The summed E-state index contributed by atoms with van der Waals surface area (Å²) in [6.45, 7) is 2.06. The lowest BCUT2D eigenvalue weighted by molar-refractivity contribution is 1.21. The van der Waals surface area contributed by atoms with Crippen LogP contribution in [0.4, 0.5) is 0 Å². The molecule has 1 rings (SSSR count). The summed E-state index contributed by atoms with van der Waals surface area (Å²) in [5.74, 6) is 1.07. The van der Waals surface area contributed by atoms with E-state index < -0.39 is 0 Å². The summed E-state index contributed by atoms with van der Waals surface area (Å²) in [4.78, 5) is 4.95. The van der Waals surface area contributed by atoms with Crippen molar-refractivity contribution in [3.05, 3.63) is 24.0 Å². The van der Waals surface area contributed by atoms with Crippen LogP contribution < -0.4 is 5.73 Å². The van der Waals surface area contributed by atoms with Gasteiger partial charge in [-0.15, -0.1) is 11.8 Å². The Kier molecular flexibility index (Phi) is 3.10. The number of pyridine rings is 1. The van der Waals surface area contributed by atoms with E-state index in [0.717, 1.165) is 16.2 Å². The van der Waals surface area contributed by atoms with Crippen molar-refractivity contribution in [1.29, 1.82) is 5.41 Å². The maximum absolute atomic E-state index is 7.29. The molecule has 1 aromatic rings. The molecule has 0 aliphatic heterocycles. The largest absolute Gasteiger partial charge is 0.384 e. The van der Waals surface area contributed by atoms with Gasteiger partial charge in [-0.25, -0.2) is 0 Å². The molecule has 0 amide bonds. The van der Waals surface area contributed by atoms with Gasteiger partial charge < -0.3 is 5.73 Å². The Hall–Kier alpha value is -1.03. The highest BCUT2D eigenvalue weighted by molar-refractivity contribution is 7.99. The monoisotopic (exact) mass is 181 g/mol. The third-order valence-electron chi connectivity index (χ3n) is 1.37. The molecule has 0 fully saturated rings. The lowest BCUT2D eigenvalue weighted by atomic mass is 10.2. The van der Waals surface area contributed by atoms with Gasteiger partial charge in [0.05, 0.1) is 0 Å². The van der Waals surface area contributed by atoms with Gasteiger partial charge in [0.15, 0.2) is 0 Å². The molecule has 0 aromatic carbocycles. The first-order valence-corrected chi connectivity index (χ1v) is 4.65. The molecule has 64 valence electrons. The first kappa shape index (κ1) is 9.06. The molecule has 12 heavy (non-hydrogen) atoms. The molecule has 3 nitrogen and oxygen atoms in total. The zero-order valence-electron chi connectivity index (χ0n) is 6.87. The van der Waals surface area contributed by atoms with Gasteiger partial charge in [-0.1, -0.05) is 6.92 Å². The van der Waals surface area contributed by atoms with Crippen molar-refractivity contribution in [2.45, 2.75) is 11.8 Å². The third-order valence-corrected chi connectivity index (χ3v) is 2.30. The predicted molar refractivity (Wildman–Crippen MR) is 51.7 cm³/mol. The number of nitrogen functional groups attached to an aromatic ring is 1. The van der Waals surface area contributed by atoms with Gasteiger partial charge in [0.2, 0.25) is 0 Å². The van der Waals surface area contributed by atoms with Crippen LogP contribution in [0.5, 0.6) is 0 Å². The normalized spacial score (nSPS) is 9.75. The van der Waals surface area contributed by atoms with E-state index in [4.69, 9.17) is 11.1 Å². The molecule has 4 heteroatoms. The Balaban J connectivity index is 3.00. The third kappa shape index (κ3) is 1.98. The predicted octanol–water partition coefficient (Wildman–Crippen LogP) is 1.48. The van der Waals surface area contributed by atoms with Crippen molar-refractivity contribution in [3.8, 4) is 0 Å². The van der Waals surface area contributed by atoms with Crippen molar-refractivity contribution in [2.24, 2.45) is 5.73 Å². The number of thioether (sulfide) groups is 1. The van der Waals surface area contributed by atoms with Crippen molar-refractivity contribution >= 4 is 17.6 Å². The summed E-state index contributed by atoms with van der Waals surface area (Å²) >= 11 is 1.65. The molecule has 0 aliphatic rings. The maximum atomic E-state index is 7.29. The highest BCUT2D eigenvalue weighted by atomic mass is 32.2. The molecular weight excluding hydrogens is 170 g/mol. The smallest absolute Gasteiger partial charge is 0.124 e. The second kappa shape index (κ2) is 4.11. The maximum Gasteiger partial charge on any atom is 0.124 e. The van der Waals surface area contributed by atoms with Crippen molar-refractivity contribution in [2.75, 3.05) is 5.75 Å². The van der Waals surface area contributed by atoms with E-state index in [1.807, 2.05) is 0 Å². The minimum atomic E-state index is 0.105. The molecular formula is C8H11N3S. The Morgan fingerprint density at radius 1 is 1.75 bits per heavy atom. The van der Waals surface area contributed by atoms with Crippen LogP contribution in [0.1, 0.15) is 12.5 Å². The fourth-order valence-corrected chi connectivity index (χ4v) is 1.65. The number of nitrogens with zero attached hydrogens (tertiary/aromatic N) is 1. The first-order chi connectivity index (χ1) is 5.75. The fraction of sp³-hybridized carbons (Fsp3) is 0.250. The lowest BCUT2D eigenvalue weighted by Crippen LogP contribution is -2.12. The van der Waals surface area contributed by atoms with Gasteiger partial charge in [-0.2, -0.15) is 0 Å². The minimum Gasteiger partial charge on any atom is -0.384 e. The SMILES string of the molecule is CCSc1cnccc1C(=N)N. The van der Waals surface area contributed by atoms with Crippen molar-refractivity contribution in [3.63, 3.8) is 0 Å². The number of aromatic nitrogens is 1. The molecule has 1 heterocycles. The van der Waals surface area contributed by atoms with Crippen molar-refractivity contribution < 1.29 is 0 Å². The van der Waals surface area contributed by atoms with Crippen LogP contribution in [-0.2, 0) is 0 Å². The van der Waals surface area contributed by atoms with Gasteiger partial charge in [0.1, 0.15) is 5.84 Å². The Labute approximate surface area is 75.9 Å². The lowest BCUT2D eigenvalue weighted by Gasteiger charge is -2.04. The highest BCUT2D eigenvalue weighted by Gasteiger charge is 2.03. The van der Waals surface area contributed by atoms with Crippen LogP contribution in [0.3, 0.4) is 0 Å². The zero-order chi connectivity index (χ0) is 8.97. The van der Waals surface area contributed by atoms with E-state index >= 15 is 0 Å². The minimum absolute atomic E-state index is 0.105. The molecule has 0 atom stereocenters. The molecule has 0 saturated carbocycles. The summed E-state index contributed by atoms with van der Waals surface area (Å²) in [5, 5.41) is 7.29. The number of rotatable bonds is 3. The fourth-order valence-electron chi connectivity index (χ4n) is 0.873. The average molecular weight is 181 g/mol. The second-order valence-electron chi connectivity index (χ2n) is 2.22. The first-order valence-electron chi connectivity index (χ1n) is 3.67. The van der Waals surface area contributed by atoms with E-state index in [1.165, 1.54) is 0 Å². The van der Waals surface area contributed by atoms with Crippen LogP contribution in [0.25, 0.3) is 0 Å². The van der Waals surface area contributed by atoms with Crippen LogP contribution in [0, 0.1) is 5.41 Å². The molecule has 0 aliphatic carbocycles. The standard InChI is InChI=1S/C8H11N3S/c1-2-12-7-5-11-4-3-6(7)8(9)10/h3-5H,2H2,1H3,(H3,9,10). The van der Waals surface area contributed by atoms with Gasteiger partial charge in [0, 0.05) is 22.9 Å².